The largest absolute Gasteiger partial charge is 0.453 e. The molecule has 0 spiro atoms. The molecular weight excluding hydrogens is 688 g/mol. The predicted molar refractivity (Wildman–Crippen MR) is 200 cm³/mol. The van der Waals surface area contributed by atoms with Crippen LogP contribution in [-0.4, -0.2) is 93.1 Å². The van der Waals surface area contributed by atoms with Gasteiger partial charge >= 0.3 is 12.2 Å². The molecule has 4 atom stereocenters. The highest BCUT2D eigenvalue weighted by Gasteiger charge is 2.51. The van der Waals surface area contributed by atoms with E-state index in [1.807, 2.05) is 36.0 Å². The number of nitrogens with one attached hydrogen (secondary N) is 4. The average molecular weight is 743 g/mol. The molecule has 54 heavy (non-hydrogen) atoms. The van der Waals surface area contributed by atoms with E-state index in [1.54, 1.807) is 6.92 Å². The van der Waals surface area contributed by atoms with Crippen molar-refractivity contribution in [1.29, 1.82) is 0 Å². The van der Waals surface area contributed by atoms with E-state index in [9.17, 15) is 19.2 Å². The van der Waals surface area contributed by atoms with Gasteiger partial charge in [0, 0.05) is 30.4 Å². The summed E-state index contributed by atoms with van der Waals surface area (Å²) in [4.78, 5) is 70.9. The van der Waals surface area contributed by atoms with Crippen molar-refractivity contribution in [3.63, 3.8) is 0 Å². The lowest BCUT2D eigenvalue weighted by atomic mass is 9.51. The first-order chi connectivity index (χ1) is 26.0. The summed E-state index contributed by atoms with van der Waals surface area (Å²) in [5, 5.41) is 5.31. The summed E-state index contributed by atoms with van der Waals surface area (Å²) in [5.74, 6) is 1.25. The first-order valence-corrected chi connectivity index (χ1v) is 19.5. The maximum absolute atomic E-state index is 13.6. The number of methoxy groups -OCH3 is 2. The Bertz CT molecular complexity index is 1830. The molecule has 3 saturated carbocycles. The molecule has 4 heterocycles. The highest BCUT2D eigenvalue weighted by atomic mass is 16.5. The van der Waals surface area contributed by atoms with Crippen LogP contribution >= 0.6 is 0 Å². The molecule has 0 unspecified atom stereocenters. The van der Waals surface area contributed by atoms with E-state index < -0.39 is 24.3 Å². The number of amides is 4. The normalized spacial score (nSPS) is 26.1. The Balaban J connectivity index is 0.989. The van der Waals surface area contributed by atoms with Gasteiger partial charge in [-0.15, -0.1) is 0 Å². The predicted octanol–water partition coefficient (Wildman–Crippen LogP) is 5.80. The number of H-pyrrole nitrogens is 2. The average Bonchev–Trinajstić information content (AvgIpc) is 4.03. The van der Waals surface area contributed by atoms with Gasteiger partial charge in [0.25, 0.3) is 0 Å². The molecule has 3 aromatic rings. The van der Waals surface area contributed by atoms with Crippen LogP contribution in [-0.2, 0) is 29.9 Å². The molecule has 3 aliphatic carbocycles. The molecule has 4 amide bonds. The zero-order valence-electron chi connectivity index (χ0n) is 32.1. The van der Waals surface area contributed by atoms with Gasteiger partial charge in [-0.1, -0.05) is 38.1 Å². The smallest absolute Gasteiger partial charge is 0.407 e. The van der Waals surface area contributed by atoms with E-state index in [-0.39, 0.29) is 40.6 Å². The van der Waals surface area contributed by atoms with Crippen molar-refractivity contribution in [2.45, 2.75) is 120 Å². The van der Waals surface area contributed by atoms with Crippen molar-refractivity contribution in [2.75, 3.05) is 27.3 Å². The van der Waals surface area contributed by atoms with Gasteiger partial charge in [0.05, 0.1) is 38.2 Å². The second-order valence-electron chi connectivity index (χ2n) is 16.1. The minimum Gasteiger partial charge on any atom is -0.453 e. The van der Waals surface area contributed by atoms with Crippen LogP contribution in [0.25, 0.3) is 11.3 Å². The number of alkyl carbamates (subject to hydrolysis) is 2. The molecular formula is C40H54N8O6. The van der Waals surface area contributed by atoms with Crippen LogP contribution in [0, 0.1) is 5.92 Å². The molecule has 1 aromatic carbocycles. The Morgan fingerprint density at radius 3 is 1.87 bits per heavy atom. The SMILES string of the molecule is COC(=O)N[C@@H](C)C(=O)N1CCC[C@H]1c1ncc(C23CCC(c4ccc(-c5cnc([C@@H]6CCCN6C(=O)[C@@H](NC(=O)OC)C(C)C)[nH]5)cc4)(CC2)CC3)[nH]1. The third kappa shape index (κ3) is 6.95. The number of fused-ring (bicyclic) bond motifs is 3. The monoisotopic (exact) mass is 742 g/mol. The lowest BCUT2D eigenvalue weighted by Gasteiger charge is -2.53. The number of hydrogen-bond acceptors (Lipinski definition) is 8. The number of hydrogen-bond donors (Lipinski definition) is 4. The number of aromatic amines is 2. The van der Waals surface area contributed by atoms with Crippen molar-refractivity contribution in [1.82, 2.24) is 40.4 Å². The van der Waals surface area contributed by atoms with Gasteiger partial charge in [-0.05, 0) is 93.6 Å². The minimum absolute atomic E-state index is 0.0620. The molecule has 8 rings (SSSR count). The standard InChI is InChI=1S/C40H54N8O6/c1-24(2)32(46-38(52)54-5)36(50)48-21-7-8-29(48)33-41-22-28(44-33)26-10-12-27(13-11-26)39-14-17-40(18-15-39,19-16-39)31-23-42-34(45-31)30-9-6-20-47(30)35(49)25(3)43-37(51)53-4/h10-13,22-25,29-30,32H,6-9,14-21H2,1-5H3,(H,41,44)(H,42,45)(H,43,51)(H,46,52)/t25-,29-,30-,32-,39?,40?/m0/s1. The van der Waals surface area contributed by atoms with Crippen molar-refractivity contribution < 1.29 is 28.7 Å². The van der Waals surface area contributed by atoms with E-state index in [2.05, 4.69) is 49.6 Å². The van der Waals surface area contributed by atoms with E-state index in [0.717, 1.165) is 87.1 Å². The summed E-state index contributed by atoms with van der Waals surface area (Å²) in [6.07, 6.45) is 12.6. The number of rotatable bonds is 10. The number of likely N-dealkylation sites (tertiary alicyclic amines) is 2. The number of benzene rings is 1. The lowest BCUT2D eigenvalue weighted by molar-refractivity contribution is -0.135. The van der Waals surface area contributed by atoms with Crippen LogP contribution in [0.4, 0.5) is 9.59 Å². The van der Waals surface area contributed by atoms with Gasteiger partial charge in [0.1, 0.15) is 23.7 Å². The zero-order chi connectivity index (χ0) is 38.2. The molecule has 5 aliphatic rings. The van der Waals surface area contributed by atoms with Gasteiger partial charge in [-0.3, -0.25) is 9.59 Å². The van der Waals surface area contributed by atoms with Crippen molar-refractivity contribution in [2.24, 2.45) is 5.92 Å². The summed E-state index contributed by atoms with van der Waals surface area (Å²) in [5.41, 5.74) is 4.74. The van der Waals surface area contributed by atoms with Gasteiger partial charge in [0.15, 0.2) is 0 Å². The van der Waals surface area contributed by atoms with Crippen molar-refractivity contribution in [3.05, 3.63) is 59.6 Å². The number of carbonyl (C=O) groups is 4. The molecule has 2 bridgehead atoms. The van der Waals surface area contributed by atoms with Gasteiger partial charge in [-0.25, -0.2) is 19.6 Å². The second-order valence-corrected chi connectivity index (χ2v) is 16.1. The van der Waals surface area contributed by atoms with Crippen LogP contribution in [0.15, 0.2) is 36.7 Å². The zero-order valence-corrected chi connectivity index (χ0v) is 32.1. The lowest BCUT2D eigenvalue weighted by Crippen LogP contribution is -2.51. The maximum atomic E-state index is 13.6. The Labute approximate surface area is 316 Å². The molecule has 2 aromatic heterocycles. The molecule has 2 saturated heterocycles. The maximum Gasteiger partial charge on any atom is 0.407 e. The quantitative estimate of drug-likeness (QED) is 0.202. The van der Waals surface area contributed by atoms with Crippen LogP contribution in [0.5, 0.6) is 0 Å². The molecule has 290 valence electrons. The Kier molecular flexibility index (Phi) is 10.5. The Morgan fingerprint density at radius 1 is 0.741 bits per heavy atom. The highest BCUT2D eigenvalue weighted by Crippen LogP contribution is 2.58. The second kappa shape index (κ2) is 15.1. The van der Waals surface area contributed by atoms with Gasteiger partial charge < -0.3 is 39.9 Å². The summed E-state index contributed by atoms with van der Waals surface area (Å²) in [6, 6.07) is 7.26. The summed E-state index contributed by atoms with van der Waals surface area (Å²) < 4.78 is 9.45. The van der Waals surface area contributed by atoms with Crippen LogP contribution in [0.1, 0.15) is 120 Å². The molecule has 4 N–H and O–H groups in total. The first-order valence-electron chi connectivity index (χ1n) is 19.5. The third-order valence-corrected chi connectivity index (χ3v) is 12.8. The summed E-state index contributed by atoms with van der Waals surface area (Å²) in [6.45, 7) is 6.76. The molecule has 2 aliphatic heterocycles. The Morgan fingerprint density at radius 2 is 1.28 bits per heavy atom. The third-order valence-electron chi connectivity index (χ3n) is 12.8. The number of ether oxygens (including phenoxy) is 2. The number of imidazole rings is 2. The van der Waals surface area contributed by atoms with Crippen LogP contribution < -0.4 is 10.6 Å². The van der Waals surface area contributed by atoms with Crippen LogP contribution in [0.2, 0.25) is 0 Å². The van der Waals surface area contributed by atoms with Gasteiger partial charge in [0.2, 0.25) is 11.8 Å². The fourth-order valence-electron chi connectivity index (χ4n) is 9.51. The molecule has 14 nitrogen and oxygen atoms in total. The summed E-state index contributed by atoms with van der Waals surface area (Å²) in [7, 11) is 2.59. The van der Waals surface area contributed by atoms with E-state index in [4.69, 9.17) is 14.7 Å². The molecule has 14 heteroatoms. The fourth-order valence-corrected chi connectivity index (χ4v) is 9.51. The van der Waals surface area contributed by atoms with Crippen LogP contribution in [0.3, 0.4) is 0 Å². The fraction of sp³-hybridized carbons (Fsp3) is 0.600. The molecule has 0 radical (unpaired) electrons. The number of nitrogens with zero attached hydrogens (tertiary/aromatic N) is 4. The number of aromatic nitrogens is 4. The highest BCUT2D eigenvalue weighted by molar-refractivity contribution is 5.87. The van der Waals surface area contributed by atoms with Gasteiger partial charge in [-0.2, -0.15) is 0 Å². The summed E-state index contributed by atoms with van der Waals surface area (Å²) >= 11 is 0. The topological polar surface area (TPSA) is 175 Å². The van der Waals surface area contributed by atoms with Crippen molar-refractivity contribution in [3.8, 4) is 11.3 Å². The first kappa shape index (κ1) is 37.4. The van der Waals surface area contributed by atoms with E-state index >= 15 is 0 Å². The van der Waals surface area contributed by atoms with Crippen molar-refractivity contribution >= 4 is 24.0 Å². The van der Waals surface area contributed by atoms with E-state index in [1.165, 1.54) is 25.5 Å². The molecule has 5 fully saturated rings. The Hall–Kier alpha value is -4.88. The minimum atomic E-state index is -0.677. The van der Waals surface area contributed by atoms with E-state index in [0.29, 0.717) is 13.1 Å². The number of carbonyl (C=O) groups excluding carboxylic acids is 4.